The second-order valence-corrected chi connectivity index (χ2v) is 8.96. The summed E-state index contributed by atoms with van der Waals surface area (Å²) in [4.78, 5) is 15.8. The molecule has 0 bridgehead atoms. The highest BCUT2D eigenvalue weighted by Gasteiger charge is 2.29. The number of aromatic nitrogens is 1. The summed E-state index contributed by atoms with van der Waals surface area (Å²) in [7, 11) is 0. The van der Waals surface area contributed by atoms with Gasteiger partial charge in [0.2, 0.25) is 0 Å². The Morgan fingerprint density at radius 1 is 1.06 bits per heavy atom. The van der Waals surface area contributed by atoms with E-state index >= 15 is 0 Å². The molecule has 32 heavy (non-hydrogen) atoms. The van der Waals surface area contributed by atoms with E-state index in [0.29, 0.717) is 5.92 Å². The maximum absolute atomic E-state index is 14.4. The molecule has 3 N–H and O–H groups in total. The van der Waals surface area contributed by atoms with Gasteiger partial charge in [0, 0.05) is 40.4 Å². The number of hydrogen-bond donors (Lipinski definition) is 3. The van der Waals surface area contributed by atoms with Crippen molar-refractivity contribution in [3.05, 3.63) is 63.6 Å². The molecule has 4 rings (SSSR count). The van der Waals surface area contributed by atoms with Crippen LogP contribution in [-0.2, 0) is 0 Å². The maximum Gasteiger partial charge on any atom is 0.256 e. The molecular weight excluding hydrogens is 439 g/mol. The van der Waals surface area contributed by atoms with Gasteiger partial charge in [0.25, 0.3) is 5.91 Å². The molecule has 1 amide bonds. The highest BCUT2D eigenvalue weighted by molar-refractivity contribution is 6.34. The van der Waals surface area contributed by atoms with E-state index in [9.17, 15) is 18.0 Å². The van der Waals surface area contributed by atoms with Crippen molar-refractivity contribution in [2.24, 2.45) is 5.92 Å². The number of H-pyrrole nitrogens is 1. The van der Waals surface area contributed by atoms with E-state index in [2.05, 4.69) is 33.8 Å². The first-order valence-corrected chi connectivity index (χ1v) is 11.1. The van der Waals surface area contributed by atoms with E-state index in [4.69, 9.17) is 11.6 Å². The molecule has 170 valence electrons. The van der Waals surface area contributed by atoms with Crippen molar-refractivity contribution < 1.29 is 18.0 Å². The lowest BCUT2D eigenvalue weighted by Crippen LogP contribution is -2.39. The number of nitrogens with one attached hydrogen (secondary N) is 3. The maximum atomic E-state index is 14.4. The number of carbonyl (C=O) groups excluding carboxylic acids is 1. The first-order valence-electron chi connectivity index (χ1n) is 10.7. The average Bonchev–Trinajstić information content (AvgIpc) is 3.15. The van der Waals surface area contributed by atoms with Crippen LogP contribution in [0.5, 0.6) is 0 Å². The van der Waals surface area contributed by atoms with Crippen LogP contribution in [0.3, 0.4) is 0 Å². The van der Waals surface area contributed by atoms with Gasteiger partial charge in [0.1, 0.15) is 5.82 Å². The number of anilines is 1. The van der Waals surface area contributed by atoms with Gasteiger partial charge < -0.3 is 15.6 Å². The second kappa shape index (κ2) is 9.06. The molecule has 1 fully saturated rings. The first kappa shape index (κ1) is 22.5. The molecule has 1 heterocycles. The number of hydrogen-bond acceptors (Lipinski definition) is 2. The molecular formula is C24H25ClF3N3O. The van der Waals surface area contributed by atoms with E-state index in [1.807, 2.05) is 13.0 Å². The largest absolute Gasteiger partial charge is 0.385 e. The third-order valence-electron chi connectivity index (χ3n) is 6.24. The summed E-state index contributed by atoms with van der Waals surface area (Å²) in [5.41, 5.74) is 2.10. The number of halogens is 4. The molecule has 1 aliphatic rings. The molecule has 1 aliphatic carbocycles. The molecule has 4 nitrogen and oxygen atoms in total. The molecule has 1 saturated carbocycles. The van der Waals surface area contributed by atoms with Gasteiger partial charge in [-0.25, -0.2) is 13.2 Å². The predicted octanol–water partition coefficient (Wildman–Crippen LogP) is 6.26. The minimum Gasteiger partial charge on any atom is -0.385 e. The number of aromatic amines is 1. The Morgan fingerprint density at radius 2 is 1.78 bits per heavy atom. The molecule has 0 atom stereocenters. The summed E-state index contributed by atoms with van der Waals surface area (Å²) in [6.45, 7) is 3.92. The molecule has 8 heteroatoms. The third kappa shape index (κ3) is 4.44. The fraction of sp³-hybridized carbons (Fsp3) is 0.375. The van der Waals surface area contributed by atoms with Crippen LogP contribution in [0, 0.1) is 37.2 Å². The highest BCUT2D eigenvalue weighted by Crippen LogP contribution is 2.30. The Hall–Kier alpha value is -2.67. The fourth-order valence-corrected chi connectivity index (χ4v) is 4.62. The SMILES string of the molecule is Cc1cc2cc(NCC3CCC(NC(=O)c4c(F)c(C)c(F)c(F)c4Cl)CC3)ccc2[nH]1. The van der Waals surface area contributed by atoms with E-state index in [1.54, 1.807) is 0 Å². The Bertz CT molecular complexity index is 1140. The monoisotopic (exact) mass is 463 g/mol. The molecule has 0 unspecified atom stereocenters. The Labute approximate surface area is 189 Å². The van der Waals surface area contributed by atoms with Gasteiger partial charge in [-0.05, 0) is 69.7 Å². The summed E-state index contributed by atoms with van der Waals surface area (Å²) < 4.78 is 41.9. The third-order valence-corrected chi connectivity index (χ3v) is 6.60. The van der Waals surface area contributed by atoms with Gasteiger partial charge in [-0.2, -0.15) is 0 Å². The van der Waals surface area contributed by atoms with Gasteiger partial charge in [0.15, 0.2) is 11.6 Å². The predicted molar refractivity (Wildman–Crippen MR) is 121 cm³/mol. The van der Waals surface area contributed by atoms with Crippen molar-refractivity contribution in [3.8, 4) is 0 Å². The Kier molecular flexibility index (Phi) is 6.38. The van der Waals surface area contributed by atoms with E-state index in [0.717, 1.165) is 61.4 Å². The number of aryl methyl sites for hydroxylation is 1. The lowest BCUT2D eigenvalue weighted by molar-refractivity contribution is 0.0918. The van der Waals surface area contributed by atoms with Crippen LogP contribution in [0.4, 0.5) is 18.9 Å². The lowest BCUT2D eigenvalue weighted by atomic mass is 9.85. The smallest absolute Gasteiger partial charge is 0.256 e. The van der Waals surface area contributed by atoms with Crippen molar-refractivity contribution in [3.63, 3.8) is 0 Å². The lowest BCUT2D eigenvalue weighted by Gasteiger charge is -2.29. The van der Waals surface area contributed by atoms with Gasteiger partial charge in [0.05, 0.1) is 10.6 Å². The molecule has 0 aliphatic heterocycles. The van der Waals surface area contributed by atoms with Gasteiger partial charge in [-0.3, -0.25) is 4.79 Å². The molecule has 0 spiro atoms. The number of benzene rings is 2. The number of carbonyl (C=O) groups is 1. The van der Waals surface area contributed by atoms with Crippen LogP contribution >= 0.6 is 11.6 Å². The normalized spacial score (nSPS) is 18.7. The molecule has 0 radical (unpaired) electrons. The average molecular weight is 464 g/mol. The van der Waals surface area contributed by atoms with Crippen LogP contribution in [0.15, 0.2) is 24.3 Å². The van der Waals surface area contributed by atoms with Crippen molar-refractivity contribution in [1.29, 1.82) is 0 Å². The quantitative estimate of drug-likeness (QED) is 0.309. The summed E-state index contributed by atoms with van der Waals surface area (Å²) in [5, 5.41) is 6.56. The van der Waals surface area contributed by atoms with Gasteiger partial charge in [-0.15, -0.1) is 0 Å². The number of amides is 1. The minimum atomic E-state index is -1.40. The molecule has 0 saturated heterocycles. The molecule has 3 aromatic rings. The van der Waals surface area contributed by atoms with Crippen LogP contribution in [0.1, 0.15) is 47.3 Å². The Balaban J connectivity index is 1.31. The van der Waals surface area contributed by atoms with Gasteiger partial charge >= 0.3 is 0 Å². The van der Waals surface area contributed by atoms with Crippen LogP contribution in [0.2, 0.25) is 5.02 Å². The van der Waals surface area contributed by atoms with Crippen molar-refractivity contribution >= 4 is 34.1 Å². The first-order chi connectivity index (χ1) is 15.2. The van der Waals surface area contributed by atoms with Gasteiger partial charge in [-0.1, -0.05) is 11.6 Å². The zero-order valence-corrected chi connectivity index (χ0v) is 18.7. The molecule has 1 aromatic heterocycles. The summed E-state index contributed by atoms with van der Waals surface area (Å²) >= 11 is 5.72. The van der Waals surface area contributed by atoms with E-state index in [-0.39, 0.29) is 6.04 Å². The van der Waals surface area contributed by atoms with Crippen molar-refractivity contribution in [1.82, 2.24) is 10.3 Å². The summed E-state index contributed by atoms with van der Waals surface area (Å²) in [5.74, 6) is -4.27. The van der Waals surface area contributed by atoms with E-state index < -0.39 is 39.5 Å². The zero-order valence-electron chi connectivity index (χ0n) is 17.9. The van der Waals surface area contributed by atoms with E-state index in [1.165, 1.54) is 0 Å². The minimum absolute atomic E-state index is 0.165. The molecule has 2 aromatic carbocycles. The highest BCUT2D eigenvalue weighted by atomic mass is 35.5. The summed E-state index contributed by atoms with van der Waals surface area (Å²) in [6.07, 6.45) is 3.21. The number of fused-ring (bicyclic) bond motifs is 1. The van der Waals surface area contributed by atoms with Crippen molar-refractivity contribution in [2.45, 2.75) is 45.6 Å². The van der Waals surface area contributed by atoms with Crippen LogP contribution in [0.25, 0.3) is 10.9 Å². The zero-order chi connectivity index (χ0) is 23.0. The standard InChI is InChI=1S/C24H25ClF3N3O/c1-12-9-15-10-17(7-8-18(15)30-12)29-11-14-3-5-16(6-4-14)31-24(32)19-20(25)23(28)22(27)13(2)21(19)26/h7-10,14,16,29-30H,3-6,11H2,1-2H3,(H,31,32). The fourth-order valence-electron chi connectivity index (χ4n) is 4.37. The second-order valence-electron chi connectivity index (χ2n) is 8.58. The van der Waals surface area contributed by atoms with Crippen LogP contribution in [-0.4, -0.2) is 23.5 Å². The summed E-state index contributed by atoms with van der Waals surface area (Å²) in [6, 6.07) is 8.17. The van der Waals surface area contributed by atoms with Crippen molar-refractivity contribution in [2.75, 3.05) is 11.9 Å². The van der Waals surface area contributed by atoms with Crippen LogP contribution < -0.4 is 10.6 Å². The topological polar surface area (TPSA) is 56.9 Å². The number of rotatable bonds is 5. The Morgan fingerprint density at radius 3 is 2.50 bits per heavy atom.